The molecule has 2 aromatic heterocycles. The van der Waals surface area contributed by atoms with Crippen LogP contribution in [-0.2, 0) is 16.0 Å². The highest BCUT2D eigenvalue weighted by molar-refractivity contribution is 5.84. The summed E-state index contributed by atoms with van der Waals surface area (Å²) in [6.45, 7) is 6.67. The van der Waals surface area contributed by atoms with Crippen LogP contribution in [0.5, 0.6) is 0 Å². The van der Waals surface area contributed by atoms with Crippen LogP contribution in [0.15, 0.2) is 30.6 Å². The van der Waals surface area contributed by atoms with E-state index in [4.69, 9.17) is 19.4 Å². The van der Waals surface area contributed by atoms with Crippen molar-refractivity contribution in [3.05, 3.63) is 41.7 Å². The Labute approximate surface area is 198 Å². The summed E-state index contributed by atoms with van der Waals surface area (Å²) in [4.78, 5) is 30.1. The van der Waals surface area contributed by atoms with Gasteiger partial charge < -0.3 is 29.2 Å². The number of methoxy groups -OCH3 is 1. The summed E-state index contributed by atoms with van der Waals surface area (Å²) in [5.41, 5.74) is 3.96. The van der Waals surface area contributed by atoms with E-state index in [9.17, 15) is 4.79 Å². The molecule has 2 aliphatic heterocycles. The number of hydrogen-bond donors (Lipinski definition) is 1. The second-order valence-electron chi connectivity index (χ2n) is 8.87. The number of carbonyl (C=O) groups excluding carboxylic acids is 1. The number of fused-ring (bicyclic) bond motifs is 1. The van der Waals surface area contributed by atoms with Crippen molar-refractivity contribution in [2.24, 2.45) is 0 Å². The number of aromatic nitrogens is 4. The third-order valence-corrected chi connectivity index (χ3v) is 6.40. The molecule has 1 N–H and O–H groups in total. The highest BCUT2D eigenvalue weighted by Crippen LogP contribution is 2.25. The minimum Gasteiger partial charge on any atom is -0.453 e. The Hall–Kier alpha value is -3.40. The molecule has 1 unspecified atom stereocenters. The smallest absolute Gasteiger partial charge is 0.409 e. The molecular formula is C24H31N7O3. The summed E-state index contributed by atoms with van der Waals surface area (Å²) in [6.07, 6.45) is 3.85. The van der Waals surface area contributed by atoms with Crippen molar-refractivity contribution < 1.29 is 14.3 Å². The number of carbonyl (C=O) groups is 1. The van der Waals surface area contributed by atoms with Gasteiger partial charge in [-0.25, -0.2) is 9.78 Å². The molecule has 180 valence electrons. The number of hydrogen-bond acceptors (Lipinski definition) is 8. The summed E-state index contributed by atoms with van der Waals surface area (Å²) >= 11 is 0. The Kier molecular flexibility index (Phi) is 6.48. The van der Waals surface area contributed by atoms with Crippen LogP contribution in [-0.4, -0.2) is 83.1 Å². The minimum atomic E-state index is -0.300. The van der Waals surface area contributed by atoms with Crippen molar-refractivity contribution in [2.75, 3.05) is 56.7 Å². The van der Waals surface area contributed by atoms with Gasteiger partial charge in [0, 0.05) is 39.3 Å². The van der Waals surface area contributed by atoms with Gasteiger partial charge in [0.25, 0.3) is 0 Å². The molecule has 10 nitrogen and oxygen atoms in total. The Morgan fingerprint density at radius 1 is 1.24 bits per heavy atom. The molecule has 0 saturated carbocycles. The molecule has 1 amide bonds. The van der Waals surface area contributed by atoms with E-state index in [1.807, 2.05) is 6.33 Å². The molecular weight excluding hydrogens is 434 g/mol. The van der Waals surface area contributed by atoms with Crippen LogP contribution in [0.25, 0.3) is 11.2 Å². The van der Waals surface area contributed by atoms with Crippen molar-refractivity contribution in [3.8, 4) is 0 Å². The number of piperazine rings is 1. The molecule has 1 aromatic carbocycles. The zero-order valence-corrected chi connectivity index (χ0v) is 19.7. The van der Waals surface area contributed by atoms with Crippen LogP contribution in [0.4, 0.5) is 16.6 Å². The number of nitrogens with zero attached hydrogens (tertiary/aromatic N) is 6. The van der Waals surface area contributed by atoms with Crippen molar-refractivity contribution in [1.82, 2.24) is 24.4 Å². The van der Waals surface area contributed by atoms with Crippen molar-refractivity contribution in [1.29, 1.82) is 0 Å². The molecule has 0 aliphatic carbocycles. The van der Waals surface area contributed by atoms with Gasteiger partial charge in [-0.2, -0.15) is 9.97 Å². The molecule has 4 heterocycles. The molecule has 2 aliphatic rings. The highest BCUT2D eigenvalue weighted by Gasteiger charge is 2.25. The molecule has 1 atom stereocenters. The zero-order chi connectivity index (χ0) is 23.5. The fraction of sp³-hybridized carbons (Fsp3) is 0.500. The summed E-state index contributed by atoms with van der Waals surface area (Å²) in [5.74, 6) is 1.35. The molecule has 2 saturated heterocycles. The number of imidazole rings is 1. The van der Waals surface area contributed by atoms with Crippen LogP contribution in [0.3, 0.4) is 0 Å². The lowest BCUT2D eigenvalue weighted by Gasteiger charge is -2.33. The topological polar surface area (TPSA) is 97.6 Å². The summed E-state index contributed by atoms with van der Waals surface area (Å²) < 4.78 is 12.7. The van der Waals surface area contributed by atoms with Crippen LogP contribution in [0, 0.1) is 6.92 Å². The first-order chi connectivity index (χ1) is 16.6. The van der Waals surface area contributed by atoms with Crippen LogP contribution in [0.1, 0.15) is 24.0 Å². The fourth-order valence-electron chi connectivity index (χ4n) is 4.55. The number of amides is 1. The fourth-order valence-corrected chi connectivity index (χ4v) is 4.55. The van der Waals surface area contributed by atoms with Gasteiger partial charge in [-0.05, 0) is 25.3 Å². The molecule has 3 aromatic rings. The van der Waals surface area contributed by atoms with Gasteiger partial charge in [-0.15, -0.1) is 0 Å². The van der Waals surface area contributed by atoms with Gasteiger partial charge >= 0.3 is 6.09 Å². The lowest BCUT2D eigenvalue weighted by Crippen LogP contribution is -2.49. The third kappa shape index (κ3) is 4.77. The van der Waals surface area contributed by atoms with Crippen molar-refractivity contribution in [3.63, 3.8) is 0 Å². The standard InChI is InChI=1S/C24H31N7O3/c1-17-5-3-6-18(13-17)15-31-16-26-20-21(25-14-19-7-4-12-34-19)27-23(28-22(20)31)29-8-10-30(11-9-29)24(32)33-2/h3,5-6,13,16,19H,4,7-12,14-15H2,1-2H3,(H,25,27,28). The van der Waals surface area contributed by atoms with Crippen molar-refractivity contribution >= 4 is 29.0 Å². The Morgan fingerprint density at radius 3 is 2.82 bits per heavy atom. The number of nitrogens with one attached hydrogen (secondary N) is 1. The normalized spacial score (nSPS) is 18.5. The first-order valence-electron chi connectivity index (χ1n) is 11.8. The van der Waals surface area contributed by atoms with E-state index in [0.29, 0.717) is 51.0 Å². The lowest BCUT2D eigenvalue weighted by atomic mass is 10.1. The SMILES string of the molecule is COC(=O)N1CCN(c2nc(NCC3CCCO3)c3ncn(Cc4cccc(C)c4)c3n2)CC1. The second kappa shape index (κ2) is 9.84. The molecule has 34 heavy (non-hydrogen) atoms. The van der Waals surface area contributed by atoms with Crippen LogP contribution in [0.2, 0.25) is 0 Å². The monoisotopic (exact) mass is 465 g/mol. The number of aryl methyl sites for hydroxylation is 1. The van der Waals surface area contributed by atoms with Crippen LogP contribution >= 0.6 is 0 Å². The van der Waals surface area contributed by atoms with Gasteiger partial charge in [0.15, 0.2) is 17.0 Å². The van der Waals surface area contributed by atoms with E-state index in [1.165, 1.54) is 18.2 Å². The molecule has 2 fully saturated rings. The van der Waals surface area contributed by atoms with Crippen molar-refractivity contribution in [2.45, 2.75) is 32.4 Å². The predicted molar refractivity (Wildman–Crippen MR) is 129 cm³/mol. The summed E-state index contributed by atoms with van der Waals surface area (Å²) in [7, 11) is 1.41. The number of ether oxygens (including phenoxy) is 2. The van der Waals surface area contributed by atoms with Gasteiger partial charge in [0.05, 0.1) is 26.1 Å². The zero-order valence-electron chi connectivity index (χ0n) is 19.7. The number of anilines is 2. The first-order valence-corrected chi connectivity index (χ1v) is 11.8. The largest absolute Gasteiger partial charge is 0.453 e. The lowest BCUT2D eigenvalue weighted by molar-refractivity contribution is 0.120. The van der Waals surface area contributed by atoms with Gasteiger partial charge in [-0.1, -0.05) is 29.8 Å². The molecule has 0 bridgehead atoms. The molecule has 0 spiro atoms. The average molecular weight is 466 g/mol. The Morgan fingerprint density at radius 2 is 2.09 bits per heavy atom. The van der Waals surface area contributed by atoms with E-state index in [2.05, 4.69) is 51.0 Å². The van der Waals surface area contributed by atoms with E-state index >= 15 is 0 Å². The van der Waals surface area contributed by atoms with E-state index < -0.39 is 0 Å². The van der Waals surface area contributed by atoms with Gasteiger partial charge in [0.2, 0.25) is 5.95 Å². The highest BCUT2D eigenvalue weighted by atomic mass is 16.5. The first kappa shape index (κ1) is 22.4. The van der Waals surface area contributed by atoms with E-state index in [1.54, 1.807) is 4.90 Å². The minimum absolute atomic E-state index is 0.187. The van der Waals surface area contributed by atoms with Gasteiger partial charge in [0.1, 0.15) is 0 Å². The van der Waals surface area contributed by atoms with E-state index in [-0.39, 0.29) is 12.2 Å². The molecule has 10 heteroatoms. The molecule has 5 rings (SSSR count). The van der Waals surface area contributed by atoms with Crippen LogP contribution < -0.4 is 10.2 Å². The number of rotatable bonds is 6. The van der Waals surface area contributed by atoms with Gasteiger partial charge in [-0.3, -0.25) is 0 Å². The Bertz CT molecular complexity index is 1150. The maximum atomic E-state index is 11.9. The maximum absolute atomic E-state index is 11.9. The summed E-state index contributed by atoms with van der Waals surface area (Å²) in [5, 5.41) is 3.47. The predicted octanol–water partition coefficient (Wildman–Crippen LogP) is 2.66. The number of benzene rings is 1. The molecule has 0 radical (unpaired) electrons. The third-order valence-electron chi connectivity index (χ3n) is 6.40. The maximum Gasteiger partial charge on any atom is 0.409 e. The Balaban J connectivity index is 1.44. The van der Waals surface area contributed by atoms with E-state index in [0.717, 1.165) is 30.6 Å². The average Bonchev–Trinajstić information content (AvgIpc) is 3.52. The quantitative estimate of drug-likeness (QED) is 0.593. The second-order valence-corrected chi connectivity index (χ2v) is 8.87. The summed E-state index contributed by atoms with van der Waals surface area (Å²) in [6, 6.07) is 8.45.